The molecule has 1 aromatic heterocycles. The zero-order chi connectivity index (χ0) is 15.5. The highest BCUT2D eigenvalue weighted by molar-refractivity contribution is 9.11. The summed E-state index contributed by atoms with van der Waals surface area (Å²) in [6, 6.07) is 9.17. The number of halogens is 2. The van der Waals surface area contributed by atoms with Crippen LogP contribution in [0.4, 0.5) is 5.69 Å². The molecule has 2 aromatic rings. The molecule has 1 N–H and O–H groups in total. The fraction of sp³-hybridized carbons (Fsp3) is 0.286. The number of benzene rings is 1. The highest BCUT2D eigenvalue weighted by Gasteiger charge is 2.19. The van der Waals surface area contributed by atoms with Crippen molar-refractivity contribution in [1.29, 1.82) is 0 Å². The van der Waals surface area contributed by atoms with Crippen molar-refractivity contribution < 1.29 is 8.42 Å². The number of alkyl halides is 1. The minimum absolute atomic E-state index is 0.324. The molecule has 0 radical (unpaired) electrons. The van der Waals surface area contributed by atoms with Gasteiger partial charge in [0.15, 0.2) is 0 Å². The van der Waals surface area contributed by atoms with Gasteiger partial charge in [0.05, 0.1) is 3.79 Å². The first kappa shape index (κ1) is 17.0. The van der Waals surface area contributed by atoms with Gasteiger partial charge in [0.1, 0.15) is 4.90 Å². The van der Waals surface area contributed by atoms with Gasteiger partial charge in [0.2, 0.25) is 0 Å². The SMILES string of the molecule is Cc1sc(Br)cc1S(=O)(=O)Nc1cccc(CCCBr)c1. The molecule has 0 bridgehead atoms. The second-order valence-electron chi connectivity index (χ2n) is 4.57. The van der Waals surface area contributed by atoms with E-state index in [1.807, 2.05) is 18.2 Å². The predicted molar refractivity (Wildman–Crippen MR) is 96.1 cm³/mol. The van der Waals surface area contributed by atoms with E-state index in [9.17, 15) is 8.42 Å². The van der Waals surface area contributed by atoms with Crippen molar-refractivity contribution in [3.63, 3.8) is 0 Å². The van der Waals surface area contributed by atoms with Crippen LogP contribution < -0.4 is 4.72 Å². The van der Waals surface area contributed by atoms with Crippen LogP contribution in [0.25, 0.3) is 0 Å². The summed E-state index contributed by atoms with van der Waals surface area (Å²) in [6.45, 7) is 1.80. The Labute approximate surface area is 146 Å². The highest BCUT2D eigenvalue weighted by Crippen LogP contribution is 2.30. The quantitative estimate of drug-likeness (QED) is 0.630. The predicted octanol–water partition coefficient (Wildman–Crippen LogP) is 4.95. The van der Waals surface area contributed by atoms with Crippen molar-refractivity contribution >= 4 is 58.9 Å². The van der Waals surface area contributed by atoms with E-state index in [-0.39, 0.29) is 0 Å². The lowest BCUT2D eigenvalue weighted by atomic mass is 10.1. The standard InChI is InChI=1S/C14H15Br2NO2S2/c1-10-13(9-14(16)20-10)21(18,19)17-12-6-2-4-11(8-12)5-3-7-15/h2,4,6,8-9,17H,3,5,7H2,1H3. The molecule has 0 unspecified atom stereocenters. The molecular weight excluding hydrogens is 438 g/mol. The molecule has 0 fully saturated rings. The van der Waals surface area contributed by atoms with Crippen LogP contribution >= 0.6 is 43.2 Å². The summed E-state index contributed by atoms with van der Waals surface area (Å²) in [5, 5.41) is 0.936. The molecule has 0 saturated carbocycles. The fourth-order valence-electron chi connectivity index (χ4n) is 1.97. The Morgan fingerprint density at radius 2 is 2.05 bits per heavy atom. The number of aryl methyl sites for hydroxylation is 2. The molecule has 0 amide bonds. The second-order valence-corrected chi connectivity index (χ2v) is 9.65. The third-order valence-corrected chi connectivity index (χ3v) is 6.66. The van der Waals surface area contributed by atoms with Crippen molar-refractivity contribution in [2.75, 3.05) is 10.1 Å². The second kappa shape index (κ2) is 7.26. The van der Waals surface area contributed by atoms with Crippen LogP contribution in [0.1, 0.15) is 16.9 Å². The van der Waals surface area contributed by atoms with E-state index in [1.54, 1.807) is 19.1 Å². The van der Waals surface area contributed by atoms with Crippen molar-refractivity contribution in [2.45, 2.75) is 24.7 Å². The van der Waals surface area contributed by atoms with Crippen LogP contribution in [0.3, 0.4) is 0 Å². The lowest BCUT2D eigenvalue weighted by Gasteiger charge is -2.09. The molecule has 1 aromatic carbocycles. The summed E-state index contributed by atoms with van der Waals surface area (Å²) in [7, 11) is -3.54. The number of thiophene rings is 1. The third-order valence-electron chi connectivity index (χ3n) is 2.91. The van der Waals surface area contributed by atoms with E-state index in [2.05, 4.69) is 36.6 Å². The van der Waals surface area contributed by atoms with E-state index in [0.717, 1.165) is 32.4 Å². The van der Waals surface area contributed by atoms with Gasteiger partial charge >= 0.3 is 0 Å². The van der Waals surface area contributed by atoms with Crippen LogP contribution in [0, 0.1) is 6.92 Å². The van der Waals surface area contributed by atoms with Crippen LogP contribution in [0.2, 0.25) is 0 Å². The topological polar surface area (TPSA) is 46.2 Å². The highest BCUT2D eigenvalue weighted by atomic mass is 79.9. The monoisotopic (exact) mass is 451 g/mol. The number of rotatable bonds is 6. The molecule has 21 heavy (non-hydrogen) atoms. The van der Waals surface area contributed by atoms with Gasteiger partial charge in [-0.05, 0) is 59.5 Å². The minimum Gasteiger partial charge on any atom is -0.280 e. The van der Waals surface area contributed by atoms with E-state index < -0.39 is 10.0 Å². The zero-order valence-corrected chi connectivity index (χ0v) is 16.2. The molecule has 0 aliphatic carbocycles. The molecule has 0 atom stereocenters. The fourth-order valence-corrected chi connectivity index (χ4v) is 5.71. The first-order chi connectivity index (χ1) is 9.92. The van der Waals surface area contributed by atoms with E-state index >= 15 is 0 Å². The van der Waals surface area contributed by atoms with Gasteiger partial charge in [-0.1, -0.05) is 28.1 Å². The van der Waals surface area contributed by atoms with Gasteiger partial charge in [-0.15, -0.1) is 11.3 Å². The molecular formula is C14H15Br2NO2S2. The first-order valence-corrected chi connectivity index (χ1v) is 10.6. The summed E-state index contributed by atoms with van der Waals surface area (Å²) in [4.78, 5) is 1.09. The van der Waals surface area contributed by atoms with Gasteiger partial charge in [0, 0.05) is 15.9 Å². The Kier molecular flexibility index (Phi) is 5.88. The average molecular weight is 453 g/mol. The minimum atomic E-state index is -3.54. The Hall–Kier alpha value is -0.370. The van der Waals surface area contributed by atoms with Crippen LogP contribution in [0.15, 0.2) is 39.0 Å². The van der Waals surface area contributed by atoms with Crippen molar-refractivity contribution in [3.05, 3.63) is 44.6 Å². The summed E-state index contributed by atoms with van der Waals surface area (Å²) in [5.74, 6) is 0. The van der Waals surface area contributed by atoms with Crippen LogP contribution in [0.5, 0.6) is 0 Å². The Balaban J connectivity index is 2.22. The lowest BCUT2D eigenvalue weighted by molar-refractivity contribution is 0.601. The van der Waals surface area contributed by atoms with Gasteiger partial charge in [0.25, 0.3) is 10.0 Å². The summed E-state index contributed by atoms with van der Waals surface area (Å²) >= 11 is 8.14. The Morgan fingerprint density at radius 1 is 1.29 bits per heavy atom. The normalized spacial score (nSPS) is 11.6. The number of anilines is 1. The third kappa shape index (κ3) is 4.55. The maximum Gasteiger partial charge on any atom is 0.263 e. The van der Waals surface area contributed by atoms with Crippen molar-refractivity contribution in [2.24, 2.45) is 0 Å². The molecule has 7 heteroatoms. The smallest absolute Gasteiger partial charge is 0.263 e. The summed E-state index contributed by atoms with van der Waals surface area (Å²) < 4.78 is 28.3. The molecule has 0 saturated heterocycles. The van der Waals surface area contributed by atoms with Crippen LogP contribution in [-0.4, -0.2) is 13.7 Å². The molecule has 0 aliphatic heterocycles. The maximum absolute atomic E-state index is 12.4. The van der Waals surface area contributed by atoms with Gasteiger partial charge < -0.3 is 0 Å². The molecule has 0 spiro atoms. The maximum atomic E-state index is 12.4. The van der Waals surface area contributed by atoms with Gasteiger partial charge in [-0.2, -0.15) is 0 Å². The largest absolute Gasteiger partial charge is 0.280 e. The molecule has 2 rings (SSSR count). The number of nitrogens with one attached hydrogen (secondary N) is 1. The Morgan fingerprint density at radius 3 is 2.67 bits per heavy atom. The number of sulfonamides is 1. The lowest BCUT2D eigenvalue weighted by Crippen LogP contribution is -2.13. The van der Waals surface area contributed by atoms with Crippen molar-refractivity contribution in [1.82, 2.24) is 0 Å². The van der Waals surface area contributed by atoms with Crippen molar-refractivity contribution in [3.8, 4) is 0 Å². The van der Waals surface area contributed by atoms with E-state index in [0.29, 0.717) is 10.6 Å². The van der Waals surface area contributed by atoms with Crippen LogP contribution in [-0.2, 0) is 16.4 Å². The number of hydrogen-bond donors (Lipinski definition) is 1. The molecule has 1 heterocycles. The molecule has 114 valence electrons. The van der Waals surface area contributed by atoms with E-state index in [1.165, 1.54) is 11.3 Å². The first-order valence-electron chi connectivity index (χ1n) is 6.36. The van der Waals surface area contributed by atoms with E-state index in [4.69, 9.17) is 0 Å². The summed E-state index contributed by atoms with van der Waals surface area (Å²) in [6.07, 6.45) is 1.94. The average Bonchev–Trinajstić information content (AvgIpc) is 2.76. The number of hydrogen-bond acceptors (Lipinski definition) is 3. The summed E-state index contributed by atoms with van der Waals surface area (Å²) in [5.41, 5.74) is 1.72. The Bertz CT molecular complexity index is 726. The van der Waals surface area contributed by atoms with Gasteiger partial charge in [-0.25, -0.2) is 8.42 Å². The molecule has 0 aliphatic rings. The molecule has 3 nitrogen and oxygen atoms in total. The zero-order valence-electron chi connectivity index (χ0n) is 11.4. The van der Waals surface area contributed by atoms with Gasteiger partial charge in [-0.3, -0.25) is 4.72 Å².